The van der Waals surface area contributed by atoms with Crippen molar-refractivity contribution in [3.63, 3.8) is 0 Å². The summed E-state index contributed by atoms with van der Waals surface area (Å²) in [5.41, 5.74) is 0.198. The minimum atomic E-state index is -1.15. The molecule has 4 nitrogen and oxygen atoms in total. The number of halogens is 2. The Morgan fingerprint density at radius 2 is 1.96 bits per heavy atom. The van der Waals surface area contributed by atoms with Gasteiger partial charge in [-0.05, 0) is 24.6 Å². The number of rotatable bonds is 5. The van der Waals surface area contributed by atoms with Crippen molar-refractivity contribution in [1.29, 1.82) is 0 Å². The van der Waals surface area contributed by atoms with Gasteiger partial charge in [-0.2, -0.15) is 0 Å². The number of hydrogen-bond donors (Lipinski definition) is 2. The number of carbonyl (C=O) groups excluding carboxylic acids is 1. The van der Waals surface area contributed by atoms with Gasteiger partial charge in [-0.3, -0.25) is 4.79 Å². The summed E-state index contributed by atoms with van der Waals surface area (Å²) in [6.07, 6.45) is 0.345. The number of benzene rings is 1. The molecule has 2 aromatic rings. The van der Waals surface area contributed by atoms with Crippen LogP contribution in [0.3, 0.4) is 0 Å². The second-order valence-electron chi connectivity index (χ2n) is 5.60. The number of aliphatic hydroxyl groups is 1. The summed E-state index contributed by atoms with van der Waals surface area (Å²) in [6.45, 7) is 5.56. The van der Waals surface area contributed by atoms with Gasteiger partial charge in [0, 0.05) is 5.92 Å². The molecule has 0 saturated carbocycles. The van der Waals surface area contributed by atoms with Crippen LogP contribution in [0.2, 0.25) is 0 Å². The van der Waals surface area contributed by atoms with Gasteiger partial charge in [-0.25, -0.2) is 13.8 Å². The SMILES string of the molecule is CC(C)c1ncc(C(=O)NC(C)C(O)c2ccc(F)c(F)c2)s1. The van der Waals surface area contributed by atoms with Crippen LogP contribution in [0.15, 0.2) is 24.4 Å². The molecule has 0 aliphatic carbocycles. The summed E-state index contributed by atoms with van der Waals surface area (Å²) in [5, 5.41) is 13.7. The molecule has 2 atom stereocenters. The fourth-order valence-corrected chi connectivity index (χ4v) is 2.82. The highest BCUT2D eigenvalue weighted by molar-refractivity contribution is 7.13. The number of amides is 1. The van der Waals surface area contributed by atoms with Gasteiger partial charge in [-0.1, -0.05) is 19.9 Å². The van der Waals surface area contributed by atoms with E-state index in [4.69, 9.17) is 0 Å². The first-order valence-corrected chi connectivity index (χ1v) is 8.00. The van der Waals surface area contributed by atoms with Crippen molar-refractivity contribution in [2.45, 2.75) is 38.8 Å². The Bertz CT molecular complexity index is 703. The topological polar surface area (TPSA) is 62.2 Å². The third kappa shape index (κ3) is 4.11. The van der Waals surface area contributed by atoms with E-state index in [1.54, 1.807) is 6.92 Å². The van der Waals surface area contributed by atoms with E-state index in [2.05, 4.69) is 10.3 Å². The largest absolute Gasteiger partial charge is 0.386 e. The molecule has 0 aliphatic heterocycles. The zero-order valence-corrected chi connectivity index (χ0v) is 13.8. The van der Waals surface area contributed by atoms with Crippen molar-refractivity contribution in [3.05, 3.63) is 51.5 Å². The molecule has 0 fully saturated rings. The van der Waals surface area contributed by atoms with Crippen LogP contribution in [0.4, 0.5) is 8.78 Å². The molecule has 124 valence electrons. The van der Waals surface area contributed by atoms with E-state index in [9.17, 15) is 18.7 Å². The Kier molecular flexibility index (Phi) is 5.43. The zero-order chi connectivity index (χ0) is 17.1. The van der Waals surface area contributed by atoms with Crippen LogP contribution in [0.1, 0.15) is 53.0 Å². The van der Waals surface area contributed by atoms with E-state index in [-0.39, 0.29) is 17.4 Å². The second-order valence-corrected chi connectivity index (χ2v) is 6.66. The van der Waals surface area contributed by atoms with Gasteiger partial charge in [0.15, 0.2) is 11.6 Å². The lowest BCUT2D eigenvalue weighted by Crippen LogP contribution is -2.36. The van der Waals surface area contributed by atoms with Crippen molar-refractivity contribution in [3.8, 4) is 0 Å². The van der Waals surface area contributed by atoms with Gasteiger partial charge >= 0.3 is 0 Å². The summed E-state index contributed by atoms with van der Waals surface area (Å²) in [6, 6.07) is 2.49. The summed E-state index contributed by atoms with van der Waals surface area (Å²) < 4.78 is 26.2. The third-order valence-electron chi connectivity index (χ3n) is 3.36. The predicted octanol–water partition coefficient (Wildman–Crippen LogP) is 3.40. The third-order valence-corrected chi connectivity index (χ3v) is 4.66. The van der Waals surface area contributed by atoms with E-state index in [1.165, 1.54) is 23.6 Å². The summed E-state index contributed by atoms with van der Waals surface area (Å²) >= 11 is 1.29. The molecule has 2 rings (SSSR count). The zero-order valence-electron chi connectivity index (χ0n) is 13.0. The van der Waals surface area contributed by atoms with Gasteiger partial charge in [0.05, 0.1) is 23.4 Å². The van der Waals surface area contributed by atoms with E-state index < -0.39 is 23.8 Å². The van der Waals surface area contributed by atoms with Crippen molar-refractivity contribution in [1.82, 2.24) is 10.3 Å². The Balaban J connectivity index is 2.05. The Labute approximate surface area is 137 Å². The standard InChI is InChI=1S/C16H18F2N2O2S/c1-8(2)16-19-7-13(23-16)15(22)20-9(3)14(21)10-4-5-11(17)12(18)6-10/h4-9,14,21H,1-3H3,(H,20,22). The molecule has 2 N–H and O–H groups in total. The molecule has 7 heteroatoms. The van der Waals surface area contributed by atoms with Crippen molar-refractivity contribution in [2.24, 2.45) is 0 Å². The van der Waals surface area contributed by atoms with Crippen LogP contribution in [0.25, 0.3) is 0 Å². The van der Waals surface area contributed by atoms with Crippen LogP contribution in [-0.2, 0) is 0 Å². The van der Waals surface area contributed by atoms with Crippen LogP contribution >= 0.6 is 11.3 Å². The molecule has 1 heterocycles. The number of hydrogen-bond acceptors (Lipinski definition) is 4. The maximum atomic E-state index is 13.2. The molecule has 23 heavy (non-hydrogen) atoms. The Morgan fingerprint density at radius 1 is 1.26 bits per heavy atom. The number of aromatic nitrogens is 1. The fraction of sp³-hybridized carbons (Fsp3) is 0.375. The average Bonchev–Trinajstić information content (AvgIpc) is 2.99. The van der Waals surface area contributed by atoms with Gasteiger partial charge in [0.2, 0.25) is 0 Å². The van der Waals surface area contributed by atoms with E-state index >= 15 is 0 Å². The molecule has 1 aromatic heterocycles. The van der Waals surface area contributed by atoms with Crippen LogP contribution in [0, 0.1) is 11.6 Å². The van der Waals surface area contributed by atoms with Gasteiger partial charge < -0.3 is 10.4 Å². The van der Waals surface area contributed by atoms with Crippen LogP contribution in [0.5, 0.6) is 0 Å². The summed E-state index contributed by atoms with van der Waals surface area (Å²) in [4.78, 5) is 16.8. The lowest BCUT2D eigenvalue weighted by molar-refractivity contribution is 0.0855. The lowest BCUT2D eigenvalue weighted by Gasteiger charge is -2.20. The number of thiazole rings is 1. The maximum absolute atomic E-state index is 13.2. The van der Waals surface area contributed by atoms with Crippen molar-refractivity contribution < 1.29 is 18.7 Å². The van der Waals surface area contributed by atoms with E-state index in [0.717, 1.165) is 17.1 Å². The highest BCUT2D eigenvalue weighted by atomic mass is 32.1. The first kappa shape index (κ1) is 17.5. The molecule has 0 spiro atoms. The van der Waals surface area contributed by atoms with E-state index in [1.807, 2.05) is 13.8 Å². The minimum absolute atomic E-state index is 0.198. The molecule has 2 unspecified atom stereocenters. The Hall–Kier alpha value is -1.86. The molecule has 0 radical (unpaired) electrons. The Morgan fingerprint density at radius 3 is 2.52 bits per heavy atom. The quantitative estimate of drug-likeness (QED) is 0.877. The molecule has 0 saturated heterocycles. The summed E-state index contributed by atoms with van der Waals surface area (Å²) in [7, 11) is 0. The normalized spacial score (nSPS) is 13.9. The van der Waals surface area contributed by atoms with Crippen LogP contribution in [-0.4, -0.2) is 22.0 Å². The molecule has 0 aliphatic rings. The average molecular weight is 340 g/mol. The first-order valence-electron chi connectivity index (χ1n) is 7.19. The van der Waals surface area contributed by atoms with Crippen molar-refractivity contribution >= 4 is 17.2 Å². The second kappa shape index (κ2) is 7.14. The fourth-order valence-electron chi connectivity index (χ4n) is 2.00. The predicted molar refractivity (Wildman–Crippen MR) is 84.4 cm³/mol. The number of nitrogens with one attached hydrogen (secondary N) is 1. The molecule has 1 amide bonds. The highest BCUT2D eigenvalue weighted by Gasteiger charge is 2.21. The van der Waals surface area contributed by atoms with Gasteiger partial charge in [0.25, 0.3) is 5.91 Å². The first-order chi connectivity index (χ1) is 10.8. The summed E-state index contributed by atoms with van der Waals surface area (Å²) in [5.74, 6) is -2.15. The van der Waals surface area contributed by atoms with Gasteiger partial charge in [0.1, 0.15) is 4.88 Å². The molecular formula is C16H18F2N2O2S. The van der Waals surface area contributed by atoms with Crippen LogP contribution < -0.4 is 5.32 Å². The van der Waals surface area contributed by atoms with E-state index in [0.29, 0.717) is 4.88 Å². The maximum Gasteiger partial charge on any atom is 0.263 e. The molecule has 1 aromatic carbocycles. The number of aliphatic hydroxyl groups excluding tert-OH is 1. The molecule has 0 bridgehead atoms. The number of nitrogens with zero attached hydrogens (tertiary/aromatic N) is 1. The minimum Gasteiger partial charge on any atom is -0.386 e. The van der Waals surface area contributed by atoms with Gasteiger partial charge in [-0.15, -0.1) is 11.3 Å². The van der Waals surface area contributed by atoms with Crippen molar-refractivity contribution in [2.75, 3.05) is 0 Å². The molecular weight excluding hydrogens is 322 g/mol. The monoisotopic (exact) mass is 340 g/mol. The highest BCUT2D eigenvalue weighted by Crippen LogP contribution is 2.22. The smallest absolute Gasteiger partial charge is 0.263 e. The number of carbonyl (C=O) groups is 1. The lowest BCUT2D eigenvalue weighted by atomic mass is 10.0.